The zero-order chi connectivity index (χ0) is 9.84. The van der Waals surface area contributed by atoms with E-state index in [0.717, 1.165) is 5.56 Å². The molecule has 0 saturated heterocycles. The molecule has 70 valence electrons. The van der Waals surface area contributed by atoms with Gasteiger partial charge in [0.05, 0.1) is 0 Å². The van der Waals surface area contributed by atoms with E-state index in [0.29, 0.717) is 21.7 Å². The molecule has 0 radical (unpaired) electrons. The van der Waals surface area contributed by atoms with Crippen LogP contribution in [0.4, 0.5) is 0 Å². The Morgan fingerprint density at radius 2 is 1.92 bits per heavy atom. The number of thiocarbonyl (C=S) groups is 1. The van der Waals surface area contributed by atoms with Gasteiger partial charge in [-0.25, -0.2) is 0 Å². The second-order valence-corrected chi connectivity index (χ2v) is 3.87. The molecular formula is C9H8Cl2OS. The lowest BCUT2D eigenvalue weighted by Crippen LogP contribution is -1.97. The van der Waals surface area contributed by atoms with Gasteiger partial charge in [0.2, 0.25) is 0 Å². The molecule has 0 fully saturated rings. The van der Waals surface area contributed by atoms with Gasteiger partial charge < -0.3 is 4.74 Å². The summed E-state index contributed by atoms with van der Waals surface area (Å²) in [6.07, 6.45) is 0. The fraction of sp³-hybridized carbons (Fsp3) is 0.222. The Morgan fingerprint density at radius 1 is 1.38 bits per heavy atom. The van der Waals surface area contributed by atoms with E-state index in [9.17, 15) is 0 Å². The zero-order valence-electron chi connectivity index (χ0n) is 7.01. The minimum Gasteiger partial charge on any atom is -0.483 e. The summed E-state index contributed by atoms with van der Waals surface area (Å²) < 4.78 is 5.15. The Labute approximate surface area is 92.6 Å². The van der Waals surface area contributed by atoms with Gasteiger partial charge in [-0.1, -0.05) is 29.3 Å². The van der Waals surface area contributed by atoms with E-state index in [1.807, 2.05) is 0 Å². The van der Waals surface area contributed by atoms with Crippen LogP contribution in [-0.4, -0.2) is 5.05 Å². The molecule has 0 aliphatic rings. The summed E-state index contributed by atoms with van der Waals surface area (Å²) in [6.45, 7) is 2.04. The average Bonchev–Trinajstić information content (AvgIpc) is 2.03. The molecule has 1 aromatic rings. The molecular weight excluding hydrogens is 227 g/mol. The molecule has 0 heterocycles. The summed E-state index contributed by atoms with van der Waals surface area (Å²) >= 11 is 16.6. The summed E-state index contributed by atoms with van der Waals surface area (Å²) in [5.41, 5.74) is 0.773. The maximum absolute atomic E-state index is 5.91. The number of hydrogen-bond acceptors (Lipinski definition) is 2. The lowest BCUT2D eigenvalue weighted by molar-refractivity contribution is 0.299. The minimum atomic E-state index is 0.327. The van der Waals surface area contributed by atoms with Crippen LogP contribution in [0.5, 0.6) is 0 Å². The van der Waals surface area contributed by atoms with Crippen molar-refractivity contribution in [2.75, 3.05) is 0 Å². The Kier molecular flexibility index (Phi) is 3.97. The van der Waals surface area contributed by atoms with Crippen molar-refractivity contribution < 1.29 is 4.74 Å². The Bertz CT molecular complexity index is 305. The molecule has 0 atom stereocenters. The smallest absolute Gasteiger partial charge is 0.157 e. The van der Waals surface area contributed by atoms with E-state index in [1.54, 1.807) is 25.1 Å². The highest BCUT2D eigenvalue weighted by Gasteiger charge is 2.05. The number of rotatable bonds is 2. The quantitative estimate of drug-likeness (QED) is 0.720. The highest BCUT2D eigenvalue weighted by atomic mass is 35.5. The molecule has 4 heteroatoms. The van der Waals surface area contributed by atoms with Crippen molar-refractivity contribution in [3.63, 3.8) is 0 Å². The molecule has 1 aromatic carbocycles. The molecule has 0 N–H and O–H groups in total. The first-order chi connectivity index (χ1) is 6.11. The van der Waals surface area contributed by atoms with Gasteiger partial charge in [0, 0.05) is 22.5 Å². The Balaban J connectivity index is 2.81. The topological polar surface area (TPSA) is 9.23 Å². The Hall–Kier alpha value is -0.310. The predicted molar refractivity (Wildman–Crippen MR) is 59.5 cm³/mol. The van der Waals surface area contributed by atoms with Crippen LogP contribution < -0.4 is 0 Å². The van der Waals surface area contributed by atoms with E-state index in [-0.39, 0.29) is 0 Å². The van der Waals surface area contributed by atoms with Crippen LogP contribution in [0.1, 0.15) is 12.5 Å². The second kappa shape index (κ2) is 4.80. The van der Waals surface area contributed by atoms with Crippen LogP contribution in [0.2, 0.25) is 10.0 Å². The molecule has 0 aliphatic heterocycles. The summed E-state index contributed by atoms with van der Waals surface area (Å²) in [5.74, 6) is 0. The van der Waals surface area contributed by atoms with Gasteiger partial charge in [-0.2, -0.15) is 0 Å². The van der Waals surface area contributed by atoms with Gasteiger partial charge in [-0.15, -0.1) is 0 Å². The minimum absolute atomic E-state index is 0.327. The summed E-state index contributed by atoms with van der Waals surface area (Å²) in [4.78, 5) is 0. The molecule has 13 heavy (non-hydrogen) atoms. The summed E-state index contributed by atoms with van der Waals surface area (Å²) in [7, 11) is 0. The molecule has 1 nitrogen and oxygen atoms in total. The highest BCUT2D eigenvalue weighted by Crippen LogP contribution is 2.24. The summed E-state index contributed by atoms with van der Waals surface area (Å²) in [5, 5.41) is 1.68. The van der Waals surface area contributed by atoms with Crippen molar-refractivity contribution in [3.8, 4) is 0 Å². The third-order valence-electron chi connectivity index (χ3n) is 1.48. The third-order valence-corrected chi connectivity index (χ3v) is 2.31. The van der Waals surface area contributed by atoms with Crippen molar-refractivity contribution >= 4 is 40.5 Å². The van der Waals surface area contributed by atoms with Crippen molar-refractivity contribution in [1.29, 1.82) is 0 Å². The van der Waals surface area contributed by atoms with Gasteiger partial charge in [0.1, 0.15) is 6.61 Å². The van der Waals surface area contributed by atoms with Crippen molar-refractivity contribution in [1.82, 2.24) is 0 Å². The van der Waals surface area contributed by atoms with Gasteiger partial charge in [0.15, 0.2) is 5.05 Å². The number of benzene rings is 1. The lowest BCUT2D eigenvalue weighted by atomic mass is 10.2. The molecule has 0 bridgehead atoms. The molecule has 0 aromatic heterocycles. The van der Waals surface area contributed by atoms with Crippen LogP contribution in [0.15, 0.2) is 18.2 Å². The standard InChI is InChI=1S/C9H8Cl2OS/c1-6(13)12-5-7-8(10)3-2-4-9(7)11/h2-4H,5H2,1H3. The Morgan fingerprint density at radius 3 is 2.38 bits per heavy atom. The molecule has 0 amide bonds. The average molecular weight is 235 g/mol. The van der Waals surface area contributed by atoms with Gasteiger partial charge >= 0.3 is 0 Å². The normalized spacial score (nSPS) is 9.77. The van der Waals surface area contributed by atoms with Crippen LogP contribution in [0.25, 0.3) is 0 Å². The first kappa shape index (κ1) is 10.8. The number of ether oxygens (including phenoxy) is 1. The van der Waals surface area contributed by atoms with Crippen molar-refractivity contribution in [3.05, 3.63) is 33.8 Å². The van der Waals surface area contributed by atoms with Gasteiger partial charge in [-0.3, -0.25) is 0 Å². The first-order valence-electron chi connectivity index (χ1n) is 3.67. The van der Waals surface area contributed by atoms with Gasteiger partial charge in [0.25, 0.3) is 0 Å². The molecule has 0 unspecified atom stereocenters. The van der Waals surface area contributed by atoms with Gasteiger partial charge in [-0.05, 0) is 24.4 Å². The predicted octanol–water partition coefficient (Wildman–Crippen LogP) is 3.86. The zero-order valence-corrected chi connectivity index (χ0v) is 9.34. The van der Waals surface area contributed by atoms with E-state index in [4.69, 9.17) is 40.2 Å². The van der Waals surface area contributed by atoms with Crippen LogP contribution in [0, 0.1) is 0 Å². The van der Waals surface area contributed by atoms with E-state index < -0.39 is 0 Å². The van der Waals surface area contributed by atoms with Crippen LogP contribution in [0.3, 0.4) is 0 Å². The number of halogens is 2. The second-order valence-electron chi connectivity index (χ2n) is 2.48. The van der Waals surface area contributed by atoms with Crippen LogP contribution >= 0.6 is 35.4 Å². The van der Waals surface area contributed by atoms with Crippen molar-refractivity contribution in [2.45, 2.75) is 13.5 Å². The van der Waals surface area contributed by atoms with Crippen molar-refractivity contribution in [2.24, 2.45) is 0 Å². The van der Waals surface area contributed by atoms with Crippen LogP contribution in [-0.2, 0) is 11.3 Å². The largest absolute Gasteiger partial charge is 0.483 e. The maximum atomic E-state index is 5.91. The molecule has 1 rings (SSSR count). The SMILES string of the molecule is CC(=S)OCc1c(Cl)cccc1Cl. The maximum Gasteiger partial charge on any atom is 0.157 e. The summed E-state index contributed by atoms with van der Waals surface area (Å²) in [6, 6.07) is 5.33. The number of hydrogen-bond donors (Lipinski definition) is 0. The monoisotopic (exact) mass is 234 g/mol. The molecule has 0 aliphatic carbocycles. The lowest BCUT2D eigenvalue weighted by Gasteiger charge is -2.07. The van der Waals surface area contributed by atoms with E-state index >= 15 is 0 Å². The van der Waals surface area contributed by atoms with E-state index in [1.165, 1.54) is 0 Å². The third kappa shape index (κ3) is 3.14. The van der Waals surface area contributed by atoms with E-state index in [2.05, 4.69) is 0 Å². The fourth-order valence-electron chi connectivity index (χ4n) is 0.844. The highest BCUT2D eigenvalue weighted by molar-refractivity contribution is 7.80. The fourth-order valence-corrected chi connectivity index (χ4v) is 1.41. The first-order valence-corrected chi connectivity index (χ1v) is 4.84. The molecule has 0 spiro atoms. The molecule has 0 saturated carbocycles.